The molecule has 1 aromatic carbocycles. The molecule has 5 nitrogen and oxygen atoms in total. The Morgan fingerprint density at radius 2 is 1.88 bits per heavy atom. The number of carbonyl (C=O) groups excluding carboxylic acids is 1. The number of rotatable bonds is 4. The van der Waals surface area contributed by atoms with E-state index < -0.39 is 16.1 Å². The molecule has 0 aliphatic heterocycles. The normalized spacial score (nSPS) is 10.9. The van der Waals surface area contributed by atoms with Crippen molar-refractivity contribution in [2.45, 2.75) is 11.8 Å². The van der Waals surface area contributed by atoms with E-state index in [-0.39, 0.29) is 17.1 Å². The molecule has 0 spiro atoms. The van der Waals surface area contributed by atoms with Gasteiger partial charge in [-0.3, -0.25) is 4.55 Å². The Balaban J connectivity index is 2.96. The van der Waals surface area contributed by atoms with E-state index in [4.69, 9.17) is 9.29 Å². The van der Waals surface area contributed by atoms with Gasteiger partial charge in [0.1, 0.15) is 0 Å². The van der Waals surface area contributed by atoms with Crippen LogP contribution in [0.4, 0.5) is 0 Å². The Hall–Kier alpha value is -1.66. The quantitative estimate of drug-likeness (QED) is 0.501. The molecule has 0 unspecified atom stereocenters. The molecule has 1 N–H and O–H groups in total. The van der Waals surface area contributed by atoms with E-state index in [1.54, 1.807) is 6.92 Å². The van der Waals surface area contributed by atoms with Gasteiger partial charge in [-0.2, -0.15) is 8.42 Å². The molecule has 17 heavy (non-hydrogen) atoms. The number of hydrogen-bond donors (Lipinski definition) is 1. The molecular weight excluding hydrogens is 244 g/mol. The maximum atomic E-state index is 11.3. The lowest BCUT2D eigenvalue weighted by molar-refractivity contribution is -0.136. The van der Waals surface area contributed by atoms with Gasteiger partial charge in [0, 0.05) is 0 Å². The molecule has 0 radical (unpaired) electrons. The summed E-state index contributed by atoms with van der Waals surface area (Å²) >= 11 is 0. The second-order valence-electron chi connectivity index (χ2n) is 3.20. The largest absolute Gasteiger partial charge is 0.462 e. The predicted molar refractivity (Wildman–Crippen MR) is 61.9 cm³/mol. The fraction of sp³-hybridized carbons (Fsp3) is 0.182. The molecule has 0 aromatic heterocycles. The van der Waals surface area contributed by atoms with Crippen LogP contribution < -0.4 is 0 Å². The van der Waals surface area contributed by atoms with Crippen LogP contribution in [0.25, 0.3) is 5.57 Å². The van der Waals surface area contributed by atoms with Crippen molar-refractivity contribution >= 4 is 21.7 Å². The highest BCUT2D eigenvalue weighted by Crippen LogP contribution is 2.17. The summed E-state index contributed by atoms with van der Waals surface area (Å²) in [6, 6.07) is 5.13. The first-order valence-electron chi connectivity index (χ1n) is 4.80. The van der Waals surface area contributed by atoms with Gasteiger partial charge < -0.3 is 4.74 Å². The Labute approximate surface area is 99.5 Å². The van der Waals surface area contributed by atoms with Gasteiger partial charge in [-0.1, -0.05) is 18.7 Å². The van der Waals surface area contributed by atoms with Crippen LogP contribution in [0.1, 0.15) is 12.5 Å². The first-order chi connectivity index (χ1) is 7.86. The minimum atomic E-state index is -4.22. The molecule has 0 aliphatic carbocycles. The highest BCUT2D eigenvalue weighted by Gasteiger charge is 2.13. The van der Waals surface area contributed by atoms with Gasteiger partial charge in [0.2, 0.25) is 0 Å². The first kappa shape index (κ1) is 13.4. The van der Waals surface area contributed by atoms with Crippen molar-refractivity contribution in [3.8, 4) is 0 Å². The lowest BCUT2D eigenvalue weighted by Crippen LogP contribution is -2.06. The Morgan fingerprint density at radius 3 is 2.29 bits per heavy atom. The molecule has 1 aromatic rings. The molecular formula is C11H12O5S. The van der Waals surface area contributed by atoms with Crippen molar-refractivity contribution in [2.75, 3.05) is 6.61 Å². The summed E-state index contributed by atoms with van der Waals surface area (Å²) in [6.45, 7) is 5.46. The van der Waals surface area contributed by atoms with Gasteiger partial charge in [0.25, 0.3) is 10.1 Å². The fourth-order valence-electron chi connectivity index (χ4n) is 1.16. The summed E-state index contributed by atoms with van der Waals surface area (Å²) in [7, 11) is -4.22. The summed E-state index contributed by atoms with van der Waals surface area (Å²) in [5.74, 6) is -0.563. The van der Waals surface area contributed by atoms with Crippen molar-refractivity contribution in [1.82, 2.24) is 0 Å². The van der Waals surface area contributed by atoms with Crippen molar-refractivity contribution < 1.29 is 22.5 Å². The monoisotopic (exact) mass is 256 g/mol. The zero-order valence-electron chi connectivity index (χ0n) is 9.21. The summed E-state index contributed by atoms with van der Waals surface area (Å²) < 4.78 is 35.1. The van der Waals surface area contributed by atoms with Crippen LogP contribution in [0.2, 0.25) is 0 Å². The van der Waals surface area contributed by atoms with Gasteiger partial charge >= 0.3 is 5.97 Å². The molecule has 0 aliphatic rings. The van der Waals surface area contributed by atoms with Crippen LogP contribution in [0.15, 0.2) is 35.7 Å². The number of carbonyl (C=O) groups is 1. The molecule has 0 saturated heterocycles. The number of benzene rings is 1. The Kier molecular flexibility index (Phi) is 4.03. The third-order valence-electron chi connectivity index (χ3n) is 2.02. The summed E-state index contributed by atoms with van der Waals surface area (Å²) in [5.41, 5.74) is 0.574. The van der Waals surface area contributed by atoms with Crippen molar-refractivity contribution in [3.05, 3.63) is 36.4 Å². The average Bonchev–Trinajstić information content (AvgIpc) is 2.27. The predicted octanol–water partition coefficient (Wildman–Crippen LogP) is 1.51. The third-order valence-corrected chi connectivity index (χ3v) is 2.89. The first-order valence-corrected chi connectivity index (χ1v) is 6.24. The van der Waals surface area contributed by atoms with Crippen molar-refractivity contribution in [1.29, 1.82) is 0 Å². The van der Waals surface area contributed by atoms with Crippen molar-refractivity contribution in [3.63, 3.8) is 0 Å². The molecule has 1 rings (SSSR count). The van der Waals surface area contributed by atoms with Crippen LogP contribution in [0.3, 0.4) is 0 Å². The Morgan fingerprint density at radius 1 is 1.35 bits per heavy atom. The van der Waals surface area contributed by atoms with Gasteiger partial charge in [-0.25, -0.2) is 4.79 Å². The Bertz CT molecular complexity index is 527. The summed E-state index contributed by atoms with van der Waals surface area (Å²) in [4.78, 5) is 11.1. The molecule has 0 amide bonds. The van der Waals surface area contributed by atoms with Crippen LogP contribution in [-0.4, -0.2) is 25.5 Å². The van der Waals surface area contributed by atoms with Crippen LogP contribution in [0.5, 0.6) is 0 Å². The van der Waals surface area contributed by atoms with E-state index in [0.29, 0.717) is 5.56 Å². The van der Waals surface area contributed by atoms with E-state index in [1.807, 2.05) is 0 Å². The van der Waals surface area contributed by atoms with Crippen LogP contribution in [0, 0.1) is 0 Å². The zero-order chi connectivity index (χ0) is 13.1. The van der Waals surface area contributed by atoms with Gasteiger partial charge in [0.15, 0.2) is 0 Å². The molecule has 0 heterocycles. The standard InChI is InChI=1S/C11H12O5S/c1-3-16-11(12)8(2)9-4-6-10(7-5-9)17(13,14)15/h4-7H,2-3H2,1H3,(H,13,14,15). The van der Waals surface area contributed by atoms with Crippen LogP contribution in [-0.2, 0) is 19.6 Å². The van der Waals surface area contributed by atoms with Gasteiger partial charge in [-0.15, -0.1) is 0 Å². The lowest BCUT2D eigenvalue weighted by atomic mass is 10.1. The second-order valence-corrected chi connectivity index (χ2v) is 4.62. The highest BCUT2D eigenvalue weighted by molar-refractivity contribution is 7.85. The van der Waals surface area contributed by atoms with Crippen LogP contribution >= 0.6 is 0 Å². The van der Waals surface area contributed by atoms with E-state index in [0.717, 1.165) is 0 Å². The van der Waals surface area contributed by atoms with E-state index >= 15 is 0 Å². The number of ether oxygens (including phenoxy) is 1. The maximum absolute atomic E-state index is 11.3. The van der Waals surface area contributed by atoms with Gasteiger partial charge in [-0.05, 0) is 24.6 Å². The second kappa shape index (κ2) is 5.11. The van der Waals surface area contributed by atoms with Crippen molar-refractivity contribution in [2.24, 2.45) is 0 Å². The highest BCUT2D eigenvalue weighted by atomic mass is 32.2. The molecule has 92 valence electrons. The van der Waals surface area contributed by atoms with E-state index in [1.165, 1.54) is 24.3 Å². The zero-order valence-corrected chi connectivity index (χ0v) is 10.0. The average molecular weight is 256 g/mol. The SMILES string of the molecule is C=C(C(=O)OCC)c1ccc(S(=O)(=O)O)cc1. The van der Waals surface area contributed by atoms with E-state index in [9.17, 15) is 13.2 Å². The topological polar surface area (TPSA) is 80.7 Å². The summed E-state index contributed by atoms with van der Waals surface area (Å²) in [5, 5.41) is 0. The smallest absolute Gasteiger partial charge is 0.338 e. The molecule has 0 bridgehead atoms. The molecule has 0 atom stereocenters. The lowest BCUT2D eigenvalue weighted by Gasteiger charge is -2.05. The maximum Gasteiger partial charge on any atom is 0.338 e. The minimum Gasteiger partial charge on any atom is -0.462 e. The third kappa shape index (κ3) is 3.40. The van der Waals surface area contributed by atoms with Gasteiger partial charge in [0.05, 0.1) is 17.1 Å². The fourth-order valence-corrected chi connectivity index (χ4v) is 1.64. The summed E-state index contributed by atoms with van der Waals surface area (Å²) in [6.07, 6.45) is 0. The van der Waals surface area contributed by atoms with E-state index in [2.05, 4.69) is 6.58 Å². The molecule has 6 heteroatoms. The number of esters is 1. The number of hydrogen-bond acceptors (Lipinski definition) is 4. The minimum absolute atomic E-state index is 0.133. The molecule has 0 fully saturated rings. The molecule has 0 saturated carbocycles.